The Balaban J connectivity index is 2.44. The summed E-state index contributed by atoms with van der Waals surface area (Å²) in [6.07, 6.45) is 1.04. The number of hydrogen-bond acceptors (Lipinski definition) is 3. The number of benzene rings is 1. The average molecular weight is 233 g/mol. The summed E-state index contributed by atoms with van der Waals surface area (Å²) in [5, 5.41) is 3.34. The van der Waals surface area contributed by atoms with Crippen LogP contribution in [0.15, 0.2) is 18.2 Å². The summed E-state index contributed by atoms with van der Waals surface area (Å²) >= 11 is 0. The maximum absolute atomic E-state index is 11.5. The Labute approximate surface area is 102 Å². The molecule has 0 amide bonds. The molecule has 0 heterocycles. The zero-order valence-electron chi connectivity index (χ0n) is 10.8. The number of carbonyl (C=O) groups excluding carboxylic acids is 1. The first-order valence-electron chi connectivity index (χ1n) is 5.88. The van der Waals surface area contributed by atoms with E-state index in [1.165, 1.54) is 18.2 Å². The van der Waals surface area contributed by atoms with E-state index in [9.17, 15) is 4.79 Å². The molecule has 0 spiro atoms. The Morgan fingerprint density at radius 2 is 2.18 bits per heavy atom. The summed E-state index contributed by atoms with van der Waals surface area (Å²) in [5.74, 6) is -0.271. The summed E-state index contributed by atoms with van der Waals surface area (Å²) in [6.45, 7) is 4.48. The Morgan fingerprint density at radius 3 is 2.76 bits per heavy atom. The van der Waals surface area contributed by atoms with Crippen LogP contribution in [-0.4, -0.2) is 20.1 Å². The number of hydrogen-bond donors (Lipinski definition) is 1. The van der Waals surface area contributed by atoms with E-state index in [1.807, 2.05) is 25.2 Å². The van der Waals surface area contributed by atoms with E-state index >= 15 is 0 Å². The highest BCUT2D eigenvalue weighted by Gasteiger charge is 2.38. The lowest BCUT2D eigenvalue weighted by atomic mass is 9.85. The zero-order chi connectivity index (χ0) is 12.6. The SMILES string of the molecule is CNC1c2cc(C(=O)OC)ccc2CC1(C)C. The van der Waals surface area contributed by atoms with Crippen molar-refractivity contribution in [2.75, 3.05) is 14.2 Å². The number of fused-ring (bicyclic) bond motifs is 1. The molecule has 1 atom stereocenters. The number of methoxy groups -OCH3 is 1. The first kappa shape index (κ1) is 12.1. The van der Waals surface area contributed by atoms with E-state index in [2.05, 4.69) is 19.2 Å². The molecule has 3 heteroatoms. The van der Waals surface area contributed by atoms with Gasteiger partial charge in [0.1, 0.15) is 0 Å². The molecule has 17 heavy (non-hydrogen) atoms. The Bertz CT molecular complexity index is 452. The van der Waals surface area contributed by atoms with Crippen LogP contribution in [-0.2, 0) is 11.2 Å². The summed E-state index contributed by atoms with van der Waals surface area (Å²) in [4.78, 5) is 11.5. The zero-order valence-corrected chi connectivity index (χ0v) is 10.8. The Kier molecular flexibility index (Phi) is 2.96. The lowest BCUT2D eigenvalue weighted by molar-refractivity contribution is 0.0600. The molecule has 0 bridgehead atoms. The fourth-order valence-corrected chi connectivity index (χ4v) is 2.83. The van der Waals surface area contributed by atoms with Gasteiger partial charge in [0.05, 0.1) is 12.7 Å². The molecule has 0 aliphatic heterocycles. The van der Waals surface area contributed by atoms with Crippen molar-refractivity contribution in [1.82, 2.24) is 5.32 Å². The normalized spacial score (nSPS) is 21.1. The molecule has 1 aliphatic carbocycles. The van der Waals surface area contributed by atoms with Gasteiger partial charge in [-0.25, -0.2) is 4.79 Å². The third-order valence-electron chi connectivity index (χ3n) is 3.59. The van der Waals surface area contributed by atoms with Gasteiger partial charge in [-0.2, -0.15) is 0 Å². The van der Waals surface area contributed by atoms with Gasteiger partial charge < -0.3 is 10.1 Å². The molecule has 3 nitrogen and oxygen atoms in total. The third-order valence-corrected chi connectivity index (χ3v) is 3.59. The minimum atomic E-state index is -0.271. The van der Waals surface area contributed by atoms with Gasteiger partial charge in [0.2, 0.25) is 0 Å². The van der Waals surface area contributed by atoms with Crippen molar-refractivity contribution in [3.8, 4) is 0 Å². The first-order valence-corrected chi connectivity index (χ1v) is 5.88. The fraction of sp³-hybridized carbons (Fsp3) is 0.500. The first-order chi connectivity index (χ1) is 7.99. The lowest BCUT2D eigenvalue weighted by Gasteiger charge is -2.27. The number of esters is 1. The molecule has 1 aromatic rings. The van der Waals surface area contributed by atoms with Crippen LogP contribution in [0.4, 0.5) is 0 Å². The second kappa shape index (κ2) is 4.15. The highest BCUT2D eigenvalue weighted by Crippen LogP contribution is 2.45. The highest BCUT2D eigenvalue weighted by atomic mass is 16.5. The third kappa shape index (κ3) is 1.95. The minimum Gasteiger partial charge on any atom is -0.465 e. The van der Waals surface area contributed by atoms with E-state index < -0.39 is 0 Å². The van der Waals surface area contributed by atoms with Gasteiger partial charge in [0.15, 0.2) is 0 Å². The minimum absolute atomic E-state index is 0.186. The van der Waals surface area contributed by atoms with Gasteiger partial charge in [-0.1, -0.05) is 19.9 Å². The van der Waals surface area contributed by atoms with E-state index in [0.717, 1.165) is 6.42 Å². The van der Waals surface area contributed by atoms with Crippen LogP contribution in [0.1, 0.15) is 41.4 Å². The largest absolute Gasteiger partial charge is 0.465 e. The van der Waals surface area contributed by atoms with Crippen LogP contribution in [0.25, 0.3) is 0 Å². The van der Waals surface area contributed by atoms with Gasteiger partial charge >= 0.3 is 5.97 Å². The van der Waals surface area contributed by atoms with Crippen LogP contribution in [0, 0.1) is 5.41 Å². The molecular formula is C14H19NO2. The van der Waals surface area contributed by atoms with E-state index in [0.29, 0.717) is 11.6 Å². The quantitative estimate of drug-likeness (QED) is 0.797. The number of ether oxygens (including phenoxy) is 1. The van der Waals surface area contributed by atoms with Crippen LogP contribution >= 0.6 is 0 Å². The van der Waals surface area contributed by atoms with Crippen molar-refractivity contribution in [3.63, 3.8) is 0 Å². The predicted molar refractivity (Wildman–Crippen MR) is 67.1 cm³/mol. The molecule has 0 radical (unpaired) electrons. The van der Waals surface area contributed by atoms with E-state index in [1.54, 1.807) is 0 Å². The fourth-order valence-electron chi connectivity index (χ4n) is 2.83. The van der Waals surface area contributed by atoms with Crippen molar-refractivity contribution < 1.29 is 9.53 Å². The molecule has 0 saturated heterocycles. The summed E-state index contributed by atoms with van der Waals surface area (Å²) in [7, 11) is 3.38. The lowest BCUT2D eigenvalue weighted by Crippen LogP contribution is -2.28. The number of nitrogens with one attached hydrogen (secondary N) is 1. The molecule has 0 aromatic heterocycles. The smallest absolute Gasteiger partial charge is 0.337 e. The van der Waals surface area contributed by atoms with Gasteiger partial charge in [-0.15, -0.1) is 0 Å². The highest BCUT2D eigenvalue weighted by molar-refractivity contribution is 5.89. The van der Waals surface area contributed by atoms with Crippen LogP contribution < -0.4 is 5.32 Å². The molecule has 1 unspecified atom stereocenters. The average Bonchev–Trinajstić information content (AvgIpc) is 2.56. The summed E-state index contributed by atoms with van der Waals surface area (Å²) in [6, 6.07) is 6.14. The van der Waals surface area contributed by atoms with Crippen LogP contribution in [0.3, 0.4) is 0 Å². The maximum Gasteiger partial charge on any atom is 0.337 e. The number of rotatable bonds is 2. The van der Waals surface area contributed by atoms with E-state index in [4.69, 9.17) is 4.74 Å². The van der Waals surface area contributed by atoms with Crippen molar-refractivity contribution >= 4 is 5.97 Å². The van der Waals surface area contributed by atoms with Gasteiger partial charge in [0, 0.05) is 6.04 Å². The van der Waals surface area contributed by atoms with Gasteiger partial charge in [0.25, 0.3) is 0 Å². The van der Waals surface area contributed by atoms with Crippen molar-refractivity contribution in [1.29, 1.82) is 0 Å². The molecular weight excluding hydrogens is 214 g/mol. The molecule has 0 fully saturated rings. The molecule has 1 N–H and O–H groups in total. The van der Waals surface area contributed by atoms with Gasteiger partial charge in [-0.3, -0.25) is 0 Å². The Hall–Kier alpha value is -1.35. The topological polar surface area (TPSA) is 38.3 Å². The molecule has 1 aliphatic rings. The van der Waals surface area contributed by atoms with Crippen LogP contribution in [0.2, 0.25) is 0 Å². The molecule has 1 aromatic carbocycles. The van der Waals surface area contributed by atoms with Gasteiger partial charge in [-0.05, 0) is 42.1 Å². The molecule has 0 saturated carbocycles. The number of carbonyl (C=O) groups is 1. The monoisotopic (exact) mass is 233 g/mol. The standard InChI is InChI=1S/C14H19NO2/c1-14(2)8-10-6-5-9(13(16)17-4)7-11(10)12(14)15-3/h5-7,12,15H,8H2,1-4H3. The summed E-state index contributed by atoms with van der Waals surface area (Å²) in [5.41, 5.74) is 3.36. The second-order valence-corrected chi connectivity index (χ2v) is 5.29. The predicted octanol–water partition coefficient (Wildman–Crippen LogP) is 2.32. The Morgan fingerprint density at radius 1 is 1.47 bits per heavy atom. The molecule has 2 rings (SSSR count). The van der Waals surface area contributed by atoms with Crippen molar-refractivity contribution in [2.24, 2.45) is 5.41 Å². The second-order valence-electron chi connectivity index (χ2n) is 5.29. The van der Waals surface area contributed by atoms with E-state index in [-0.39, 0.29) is 11.4 Å². The van der Waals surface area contributed by atoms with Crippen LogP contribution in [0.5, 0.6) is 0 Å². The molecule has 92 valence electrons. The van der Waals surface area contributed by atoms with Crippen molar-refractivity contribution in [2.45, 2.75) is 26.3 Å². The summed E-state index contributed by atoms with van der Waals surface area (Å²) < 4.78 is 4.76. The maximum atomic E-state index is 11.5. The van der Waals surface area contributed by atoms with Crippen molar-refractivity contribution in [3.05, 3.63) is 34.9 Å².